The quantitative estimate of drug-likeness (QED) is 0.497. The number of fused-ring (bicyclic) bond motifs is 2. The number of aryl methyl sites for hydroxylation is 2. The van der Waals surface area contributed by atoms with Gasteiger partial charge in [0.05, 0.1) is 16.8 Å². The van der Waals surface area contributed by atoms with E-state index in [2.05, 4.69) is 37.4 Å². The molecule has 0 radical (unpaired) electrons. The number of benzene rings is 3. The zero-order chi connectivity index (χ0) is 20.7. The number of carbonyl (C=O) groups excluding carboxylic acids is 1. The van der Waals surface area contributed by atoms with Gasteiger partial charge in [-0.3, -0.25) is 4.79 Å². The number of anilines is 1. The minimum absolute atomic E-state index is 0.195. The fraction of sp³-hybridized carbons (Fsp3) is 0.120. The Bertz CT molecular complexity index is 1300. The third-order valence-corrected chi connectivity index (χ3v) is 5.25. The maximum absolute atomic E-state index is 13.2. The number of pyridine rings is 1. The number of ether oxygens (including phenoxy) is 2. The van der Waals surface area contributed by atoms with Crippen molar-refractivity contribution >= 4 is 22.5 Å². The normalized spacial score (nSPS) is 12.2. The molecule has 1 N–H and O–H groups in total. The van der Waals surface area contributed by atoms with E-state index in [9.17, 15) is 4.79 Å². The van der Waals surface area contributed by atoms with Crippen molar-refractivity contribution < 1.29 is 14.3 Å². The maximum atomic E-state index is 13.2. The lowest BCUT2D eigenvalue weighted by Crippen LogP contribution is -2.13. The average Bonchev–Trinajstić information content (AvgIpc) is 3.21. The monoisotopic (exact) mass is 396 g/mol. The van der Waals surface area contributed by atoms with Crippen LogP contribution in [0.3, 0.4) is 0 Å². The highest BCUT2D eigenvalue weighted by molar-refractivity contribution is 6.13. The highest BCUT2D eigenvalue weighted by Gasteiger charge is 2.17. The minimum atomic E-state index is -0.196. The summed E-state index contributed by atoms with van der Waals surface area (Å²) in [6.45, 7) is 4.32. The molecule has 5 heteroatoms. The molecule has 0 atom stereocenters. The number of hydrogen-bond acceptors (Lipinski definition) is 4. The topological polar surface area (TPSA) is 60.5 Å². The first-order valence-electron chi connectivity index (χ1n) is 9.77. The van der Waals surface area contributed by atoms with E-state index in [1.165, 1.54) is 5.56 Å². The molecule has 0 saturated carbocycles. The van der Waals surface area contributed by atoms with Crippen molar-refractivity contribution in [1.82, 2.24) is 4.98 Å². The second-order valence-corrected chi connectivity index (χ2v) is 7.41. The van der Waals surface area contributed by atoms with Gasteiger partial charge in [0.25, 0.3) is 5.91 Å². The van der Waals surface area contributed by atoms with Crippen molar-refractivity contribution in [3.63, 3.8) is 0 Å². The Hall–Kier alpha value is -3.86. The predicted octanol–water partition coefficient (Wildman–Crippen LogP) is 5.50. The number of rotatable bonds is 3. The van der Waals surface area contributed by atoms with Gasteiger partial charge in [-0.15, -0.1) is 0 Å². The highest BCUT2D eigenvalue weighted by Crippen LogP contribution is 2.35. The number of hydrogen-bond donors (Lipinski definition) is 1. The molecule has 30 heavy (non-hydrogen) atoms. The van der Waals surface area contributed by atoms with Crippen LogP contribution in [0.5, 0.6) is 11.5 Å². The van der Waals surface area contributed by atoms with Crippen molar-refractivity contribution in [2.45, 2.75) is 13.8 Å². The Morgan fingerprint density at radius 2 is 1.77 bits per heavy atom. The fourth-order valence-electron chi connectivity index (χ4n) is 3.77. The van der Waals surface area contributed by atoms with E-state index >= 15 is 0 Å². The lowest BCUT2D eigenvalue weighted by Gasteiger charge is -2.12. The van der Waals surface area contributed by atoms with Crippen LogP contribution in [0, 0.1) is 13.8 Å². The maximum Gasteiger partial charge on any atom is 0.256 e. The molecular weight excluding hydrogens is 376 g/mol. The van der Waals surface area contributed by atoms with Crippen molar-refractivity contribution in [2.75, 3.05) is 12.1 Å². The van der Waals surface area contributed by atoms with Crippen LogP contribution in [-0.2, 0) is 0 Å². The molecule has 0 aliphatic carbocycles. The van der Waals surface area contributed by atoms with E-state index in [1.54, 1.807) is 18.2 Å². The van der Waals surface area contributed by atoms with Gasteiger partial charge in [0, 0.05) is 22.7 Å². The van der Waals surface area contributed by atoms with Gasteiger partial charge in [0.15, 0.2) is 11.5 Å². The molecule has 0 unspecified atom stereocenters. The first-order valence-corrected chi connectivity index (χ1v) is 9.77. The van der Waals surface area contributed by atoms with Crippen LogP contribution in [0.25, 0.3) is 22.2 Å². The second-order valence-electron chi connectivity index (χ2n) is 7.41. The van der Waals surface area contributed by atoms with E-state index in [1.807, 2.05) is 30.3 Å². The van der Waals surface area contributed by atoms with Gasteiger partial charge in [-0.1, -0.05) is 42.0 Å². The van der Waals surface area contributed by atoms with Crippen molar-refractivity contribution in [1.29, 1.82) is 0 Å². The Kier molecular flexibility index (Phi) is 4.36. The summed E-state index contributed by atoms with van der Waals surface area (Å²) in [4.78, 5) is 18.1. The molecule has 1 amide bonds. The molecule has 0 saturated heterocycles. The molecule has 148 valence electrons. The molecule has 1 aliphatic heterocycles. The van der Waals surface area contributed by atoms with Crippen LogP contribution in [0.4, 0.5) is 5.69 Å². The highest BCUT2D eigenvalue weighted by atomic mass is 16.7. The minimum Gasteiger partial charge on any atom is -0.454 e. The molecule has 4 aromatic rings. The number of para-hydroxylation sites is 1. The molecule has 3 aromatic carbocycles. The summed E-state index contributed by atoms with van der Waals surface area (Å²) < 4.78 is 10.8. The zero-order valence-electron chi connectivity index (χ0n) is 16.7. The van der Waals surface area contributed by atoms with E-state index in [0.717, 1.165) is 27.7 Å². The van der Waals surface area contributed by atoms with Crippen molar-refractivity contribution in [3.8, 4) is 22.8 Å². The molecule has 5 nitrogen and oxygen atoms in total. The van der Waals surface area contributed by atoms with Crippen LogP contribution < -0.4 is 14.8 Å². The smallest absolute Gasteiger partial charge is 0.256 e. The van der Waals surface area contributed by atoms with E-state index in [-0.39, 0.29) is 12.7 Å². The summed E-state index contributed by atoms with van der Waals surface area (Å²) in [5, 5.41) is 3.79. The van der Waals surface area contributed by atoms with Crippen LogP contribution in [0.1, 0.15) is 21.5 Å². The molecule has 5 rings (SSSR count). The summed E-state index contributed by atoms with van der Waals surface area (Å²) in [5.41, 5.74) is 6.13. The first kappa shape index (κ1) is 18.2. The zero-order valence-corrected chi connectivity index (χ0v) is 16.7. The van der Waals surface area contributed by atoms with Crippen LogP contribution in [0.2, 0.25) is 0 Å². The number of carbonyl (C=O) groups is 1. The third-order valence-electron chi connectivity index (χ3n) is 5.25. The SMILES string of the molecule is Cc1ccc(-c2cc(C(=O)Nc3ccc4c(c3)OCO4)c3ccccc3n2)c(C)c1. The van der Waals surface area contributed by atoms with Crippen molar-refractivity contribution in [3.05, 3.63) is 83.4 Å². The van der Waals surface area contributed by atoms with E-state index in [0.29, 0.717) is 22.7 Å². The average molecular weight is 396 g/mol. The van der Waals surface area contributed by atoms with Crippen LogP contribution >= 0.6 is 0 Å². The standard InChI is InChI=1S/C25H20N2O3/c1-15-7-9-18(16(2)11-15)22-13-20(19-5-3-4-6-21(19)27-22)25(28)26-17-8-10-23-24(12-17)30-14-29-23/h3-13H,14H2,1-2H3,(H,26,28). The molecule has 1 aliphatic rings. The van der Waals surface area contributed by atoms with E-state index < -0.39 is 0 Å². The van der Waals surface area contributed by atoms with Gasteiger partial charge >= 0.3 is 0 Å². The largest absolute Gasteiger partial charge is 0.454 e. The molecular formula is C25H20N2O3. The molecule has 0 fully saturated rings. The van der Waals surface area contributed by atoms with Crippen LogP contribution in [0.15, 0.2) is 66.7 Å². The summed E-state index contributed by atoms with van der Waals surface area (Å²) >= 11 is 0. The summed E-state index contributed by atoms with van der Waals surface area (Å²) in [6.07, 6.45) is 0. The number of nitrogens with zero attached hydrogens (tertiary/aromatic N) is 1. The number of aromatic nitrogens is 1. The fourth-order valence-corrected chi connectivity index (χ4v) is 3.77. The molecule has 0 spiro atoms. The second kappa shape index (κ2) is 7.19. The molecule has 0 bridgehead atoms. The summed E-state index contributed by atoms with van der Waals surface area (Å²) in [7, 11) is 0. The number of nitrogens with one attached hydrogen (secondary N) is 1. The van der Waals surface area contributed by atoms with Gasteiger partial charge in [-0.05, 0) is 43.7 Å². The van der Waals surface area contributed by atoms with Crippen LogP contribution in [-0.4, -0.2) is 17.7 Å². The Morgan fingerprint density at radius 3 is 2.63 bits per heavy atom. The van der Waals surface area contributed by atoms with Gasteiger partial charge in [0.1, 0.15) is 0 Å². The predicted molar refractivity (Wildman–Crippen MR) is 117 cm³/mol. The van der Waals surface area contributed by atoms with Gasteiger partial charge < -0.3 is 14.8 Å². The van der Waals surface area contributed by atoms with Gasteiger partial charge in [0.2, 0.25) is 6.79 Å². The molecule has 1 aromatic heterocycles. The summed E-state index contributed by atoms with van der Waals surface area (Å²) in [5.74, 6) is 1.11. The summed E-state index contributed by atoms with van der Waals surface area (Å²) in [6, 6.07) is 21.2. The third kappa shape index (κ3) is 3.24. The van der Waals surface area contributed by atoms with Crippen molar-refractivity contribution in [2.24, 2.45) is 0 Å². The number of amides is 1. The Morgan fingerprint density at radius 1 is 0.933 bits per heavy atom. The Balaban J connectivity index is 1.58. The lowest BCUT2D eigenvalue weighted by molar-refractivity contribution is 0.102. The molecule has 2 heterocycles. The van der Waals surface area contributed by atoms with E-state index in [4.69, 9.17) is 14.5 Å². The lowest BCUT2D eigenvalue weighted by atomic mass is 9.99. The Labute approximate surface area is 174 Å². The first-order chi connectivity index (χ1) is 14.6. The van der Waals surface area contributed by atoms with Gasteiger partial charge in [-0.2, -0.15) is 0 Å². The van der Waals surface area contributed by atoms with Gasteiger partial charge in [-0.25, -0.2) is 4.98 Å².